The van der Waals surface area contributed by atoms with Gasteiger partial charge in [0.25, 0.3) is 5.91 Å². The molecule has 29 heavy (non-hydrogen) atoms. The molecule has 0 bridgehead atoms. The van der Waals surface area contributed by atoms with E-state index in [1.807, 2.05) is 0 Å². The maximum absolute atomic E-state index is 12.2. The summed E-state index contributed by atoms with van der Waals surface area (Å²) in [5.41, 5.74) is 0.725. The molecule has 6 nitrogen and oxygen atoms in total. The zero-order chi connectivity index (χ0) is 20.6. The predicted octanol–water partition coefficient (Wildman–Crippen LogP) is 3.45. The first kappa shape index (κ1) is 21.4. The Bertz CT molecular complexity index is 828. The monoisotopic (exact) mass is 435 g/mol. The second kappa shape index (κ2) is 10.5. The number of anilines is 1. The number of carbonyl (C=O) groups is 2. The quantitative estimate of drug-likeness (QED) is 0.665. The van der Waals surface area contributed by atoms with E-state index in [0.717, 1.165) is 25.2 Å². The molecular formula is C21H23Cl2N3O3. The fourth-order valence-electron chi connectivity index (χ4n) is 3.15. The number of hydrogen-bond acceptors (Lipinski definition) is 4. The molecule has 0 aromatic heterocycles. The van der Waals surface area contributed by atoms with Gasteiger partial charge in [0.2, 0.25) is 5.91 Å². The summed E-state index contributed by atoms with van der Waals surface area (Å²) in [7, 11) is 0. The summed E-state index contributed by atoms with van der Waals surface area (Å²) in [5, 5.41) is 7.01. The highest BCUT2D eigenvalue weighted by molar-refractivity contribution is 6.30. The van der Waals surface area contributed by atoms with Crippen LogP contribution in [0.1, 0.15) is 6.42 Å². The van der Waals surface area contributed by atoms with Crippen molar-refractivity contribution >= 4 is 40.7 Å². The van der Waals surface area contributed by atoms with Gasteiger partial charge in [-0.05, 0) is 67.4 Å². The molecule has 0 spiro atoms. The first-order chi connectivity index (χ1) is 14.0. The van der Waals surface area contributed by atoms with Gasteiger partial charge in [0.1, 0.15) is 5.75 Å². The maximum Gasteiger partial charge on any atom is 0.257 e. The lowest BCUT2D eigenvalue weighted by Crippen LogP contribution is -2.35. The molecule has 1 fully saturated rings. The van der Waals surface area contributed by atoms with Gasteiger partial charge in [-0.15, -0.1) is 0 Å². The van der Waals surface area contributed by atoms with E-state index in [2.05, 4.69) is 15.5 Å². The average Bonchev–Trinajstić information content (AvgIpc) is 3.15. The Morgan fingerprint density at radius 1 is 1.00 bits per heavy atom. The number of ether oxygens (including phenoxy) is 1. The number of benzene rings is 2. The minimum Gasteiger partial charge on any atom is -0.484 e. The van der Waals surface area contributed by atoms with Crippen molar-refractivity contribution in [2.24, 2.45) is 5.92 Å². The number of amides is 2. The Labute approximate surface area is 180 Å². The number of nitrogens with zero attached hydrogens (tertiary/aromatic N) is 1. The molecule has 0 saturated carbocycles. The summed E-state index contributed by atoms with van der Waals surface area (Å²) in [6, 6.07) is 13.9. The third-order valence-electron chi connectivity index (χ3n) is 4.64. The minimum atomic E-state index is -0.168. The van der Waals surface area contributed by atoms with Crippen LogP contribution in [0.3, 0.4) is 0 Å². The van der Waals surface area contributed by atoms with Gasteiger partial charge in [-0.25, -0.2) is 0 Å². The molecule has 154 valence electrons. The SMILES string of the molecule is O=C(COc1ccc(Cl)cc1)NCC1CCN(CC(=O)Nc2ccc(Cl)cc2)C1. The molecule has 1 unspecified atom stereocenters. The van der Waals surface area contributed by atoms with Gasteiger partial charge in [0.05, 0.1) is 6.54 Å². The summed E-state index contributed by atoms with van der Waals surface area (Å²) in [6.07, 6.45) is 0.937. The summed E-state index contributed by atoms with van der Waals surface area (Å²) < 4.78 is 5.43. The van der Waals surface area contributed by atoms with E-state index in [-0.39, 0.29) is 18.4 Å². The van der Waals surface area contributed by atoms with Crippen molar-refractivity contribution in [3.8, 4) is 5.75 Å². The van der Waals surface area contributed by atoms with Crippen molar-refractivity contribution in [2.75, 3.05) is 38.1 Å². The number of halogens is 2. The second-order valence-electron chi connectivity index (χ2n) is 6.99. The van der Waals surface area contributed by atoms with Crippen LogP contribution < -0.4 is 15.4 Å². The number of nitrogens with one attached hydrogen (secondary N) is 2. The molecule has 1 aliphatic heterocycles. The first-order valence-electron chi connectivity index (χ1n) is 9.41. The Morgan fingerprint density at radius 3 is 2.34 bits per heavy atom. The number of rotatable bonds is 8. The lowest BCUT2D eigenvalue weighted by Gasteiger charge is -2.16. The molecular weight excluding hydrogens is 413 g/mol. The van der Waals surface area contributed by atoms with Crippen LogP contribution in [-0.2, 0) is 9.59 Å². The molecule has 1 atom stereocenters. The lowest BCUT2D eigenvalue weighted by molar-refractivity contribution is -0.123. The summed E-state index contributed by atoms with van der Waals surface area (Å²) >= 11 is 11.7. The number of carbonyl (C=O) groups excluding carboxylic acids is 2. The molecule has 0 aliphatic carbocycles. The molecule has 2 aromatic carbocycles. The minimum absolute atomic E-state index is 0.0401. The highest BCUT2D eigenvalue weighted by Crippen LogP contribution is 2.17. The molecule has 2 N–H and O–H groups in total. The zero-order valence-electron chi connectivity index (χ0n) is 15.9. The average molecular weight is 436 g/mol. The van der Waals surface area contributed by atoms with E-state index < -0.39 is 0 Å². The van der Waals surface area contributed by atoms with E-state index in [4.69, 9.17) is 27.9 Å². The second-order valence-corrected chi connectivity index (χ2v) is 7.86. The summed E-state index contributed by atoms with van der Waals surface area (Å²) in [5.74, 6) is 0.688. The van der Waals surface area contributed by atoms with E-state index in [9.17, 15) is 9.59 Å². The van der Waals surface area contributed by atoms with Crippen molar-refractivity contribution in [2.45, 2.75) is 6.42 Å². The van der Waals surface area contributed by atoms with Gasteiger partial charge in [-0.3, -0.25) is 14.5 Å². The molecule has 2 aromatic rings. The van der Waals surface area contributed by atoms with Crippen LogP contribution in [-0.4, -0.2) is 49.5 Å². The van der Waals surface area contributed by atoms with Gasteiger partial charge in [-0.2, -0.15) is 0 Å². The number of hydrogen-bond donors (Lipinski definition) is 2. The van der Waals surface area contributed by atoms with Crippen molar-refractivity contribution in [1.82, 2.24) is 10.2 Å². The van der Waals surface area contributed by atoms with Gasteiger partial charge in [-0.1, -0.05) is 23.2 Å². The Morgan fingerprint density at radius 2 is 1.66 bits per heavy atom. The molecule has 1 saturated heterocycles. The van der Waals surface area contributed by atoms with Crippen LogP contribution in [0.15, 0.2) is 48.5 Å². The fraction of sp³-hybridized carbons (Fsp3) is 0.333. The zero-order valence-corrected chi connectivity index (χ0v) is 17.4. The topological polar surface area (TPSA) is 70.7 Å². The third-order valence-corrected chi connectivity index (χ3v) is 5.14. The molecule has 2 amide bonds. The smallest absolute Gasteiger partial charge is 0.257 e. The van der Waals surface area contributed by atoms with E-state index in [1.54, 1.807) is 48.5 Å². The van der Waals surface area contributed by atoms with E-state index in [1.165, 1.54) is 0 Å². The van der Waals surface area contributed by atoms with Crippen molar-refractivity contribution in [3.05, 3.63) is 58.6 Å². The van der Waals surface area contributed by atoms with Gasteiger partial charge in [0, 0.05) is 28.8 Å². The van der Waals surface area contributed by atoms with Crippen LogP contribution in [0.5, 0.6) is 5.75 Å². The predicted molar refractivity (Wildman–Crippen MR) is 115 cm³/mol. The van der Waals surface area contributed by atoms with E-state index in [0.29, 0.717) is 34.8 Å². The van der Waals surface area contributed by atoms with Crippen molar-refractivity contribution < 1.29 is 14.3 Å². The Kier molecular flexibility index (Phi) is 7.75. The molecule has 0 radical (unpaired) electrons. The summed E-state index contributed by atoms with van der Waals surface area (Å²) in [4.78, 5) is 26.3. The van der Waals surface area contributed by atoms with Crippen LogP contribution in [0.4, 0.5) is 5.69 Å². The van der Waals surface area contributed by atoms with Gasteiger partial charge < -0.3 is 15.4 Å². The molecule has 1 heterocycles. The first-order valence-corrected chi connectivity index (χ1v) is 10.2. The largest absolute Gasteiger partial charge is 0.484 e. The maximum atomic E-state index is 12.2. The van der Waals surface area contributed by atoms with Gasteiger partial charge in [0.15, 0.2) is 6.61 Å². The molecule has 3 rings (SSSR count). The normalized spacial score (nSPS) is 16.4. The van der Waals surface area contributed by atoms with Crippen LogP contribution in [0.2, 0.25) is 10.0 Å². The van der Waals surface area contributed by atoms with Crippen LogP contribution >= 0.6 is 23.2 Å². The highest BCUT2D eigenvalue weighted by Gasteiger charge is 2.24. The fourth-order valence-corrected chi connectivity index (χ4v) is 3.40. The van der Waals surface area contributed by atoms with Crippen molar-refractivity contribution in [1.29, 1.82) is 0 Å². The molecule has 1 aliphatic rings. The third kappa shape index (κ3) is 7.24. The Balaban J connectivity index is 1.33. The standard InChI is InChI=1S/C21H23Cl2N3O3/c22-16-1-5-18(6-2-16)25-20(27)13-26-10-9-15(12-26)11-24-21(28)14-29-19-7-3-17(23)4-8-19/h1-8,15H,9-14H2,(H,24,28)(H,25,27). The van der Waals surface area contributed by atoms with E-state index >= 15 is 0 Å². The van der Waals surface area contributed by atoms with Crippen LogP contribution in [0.25, 0.3) is 0 Å². The lowest BCUT2D eigenvalue weighted by atomic mass is 10.1. The highest BCUT2D eigenvalue weighted by atomic mass is 35.5. The number of likely N-dealkylation sites (tertiary alicyclic amines) is 1. The Hall–Kier alpha value is -2.28. The van der Waals surface area contributed by atoms with Gasteiger partial charge >= 0.3 is 0 Å². The summed E-state index contributed by atoms with van der Waals surface area (Å²) in [6.45, 7) is 2.45. The molecule has 8 heteroatoms. The van der Waals surface area contributed by atoms with Crippen molar-refractivity contribution in [3.63, 3.8) is 0 Å². The van der Waals surface area contributed by atoms with Crippen LogP contribution in [0, 0.1) is 5.92 Å².